The average Bonchev–Trinajstić information content (AvgIpc) is 2.90. The molecule has 0 radical (unpaired) electrons. The largest absolute Gasteiger partial charge is 0.393 e. The number of carbonyl (C=O) groups excluding carboxylic acids is 1. The van der Waals surface area contributed by atoms with E-state index in [4.69, 9.17) is 5.73 Å². The van der Waals surface area contributed by atoms with Gasteiger partial charge >= 0.3 is 0 Å². The third-order valence-corrected chi connectivity index (χ3v) is 4.85. The minimum atomic E-state index is -0.392. The van der Waals surface area contributed by atoms with E-state index in [9.17, 15) is 9.90 Å². The Hall–Kier alpha value is -2.34. The number of nitrogens with zero attached hydrogens (tertiary/aromatic N) is 2. The Morgan fingerprint density at radius 3 is 3.04 bits per heavy atom. The van der Waals surface area contributed by atoms with Crippen LogP contribution in [0.1, 0.15) is 40.4 Å². The van der Waals surface area contributed by atoms with Crippen LogP contribution in [-0.4, -0.2) is 33.4 Å². The number of nitrogen functional groups attached to an aromatic ring is 1. The van der Waals surface area contributed by atoms with Crippen molar-refractivity contribution in [3.63, 3.8) is 0 Å². The molecule has 2 aliphatic rings. The number of hydrogen-bond acceptors (Lipinski definition) is 5. The smallest absolute Gasteiger partial charge is 0.256 e. The number of aromatic nitrogens is 2. The van der Waals surface area contributed by atoms with E-state index in [0.29, 0.717) is 25.1 Å². The van der Waals surface area contributed by atoms with Gasteiger partial charge in [0.05, 0.1) is 17.7 Å². The lowest BCUT2D eigenvalue weighted by molar-refractivity contribution is 0.0859. The maximum Gasteiger partial charge on any atom is 0.256 e. The highest BCUT2D eigenvalue weighted by atomic mass is 16.3. The fourth-order valence-corrected chi connectivity index (χ4v) is 3.62. The molecule has 2 aromatic rings. The molecule has 1 aliphatic carbocycles. The number of rotatable bonds is 1. The molecule has 2 atom stereocenters. The SMILES string of the molecule is Nc1c2c(nn1C(=O)C1CCNc3ccccc31)CC[C@H](O)C2. The van der Waals surface area contributed by atoms with Gasteiger partial charge < -0.3 is 16.2 Å². The Balaban J connectivity index is 1.71. The summed E-state index contributed by atoms with van der Waals surface area (Å²) in [6.45, 7) is 0.757. The van der Waals surface area contributed by atoms with Gasteiger partial charge in [-0.15, -0.1) is 0 Å². The summed E-state index contributed by atoms with van der Waals surface area (Å²) in [7, 11) is 0. The van der Waals surface area contributed by atoms with E-state index in [1.807, 2.05) is 24.3 Å². The van der Waals surface area contributed by atoms with E-state index in [1.54, 1.807) is 0 Å². The van der Waals surface area contributed by atoms with Gasteiger partial charge in [-0.25, -0.2) is 0 Å². The van der Waals surface area contributed by atoms with Gasteiger partial charge in [0.25, 0.3) is 5.91 Å². The molecule has 23 heavy (non-hydrogen) atoms. The van der Waals surface area contributed by atoms with Crippen molar-refractivity contribution in [3.05, 3.63) is 41.1 Å². The summed E-state index contributed by atoms with van der Waals surface area (Å²) in [6, 6.07) is 7.87. The monoisotopic (exact) mass is 312 g/mol. The molecule has 120 valence electrons. The lowest BCUT2D eigenvalue weighted by atomic mass is 9.90. The minimum Gasteiger partial charge on any atom is -0.393 e. The average molecular weight is 312 g/mol. The highest BCUT2D eigenvalue weighted by Crippen LogP contribution is 2.34. The minimum absolute atomic E-state index is 0.0830. The predicted molar refractivity (Wildman–Crippen MR) is 87.6 cm³/mol. The van der Waals surface area contributed by atoms with Gasteiger partial charge in [-0.2, -0.15) is 9.78 Å². The van der Waals surface area contributed by atoms with Gasteiger partial charge in [0, 0.05) is 24.2 Å². The van der Waals surface area contributed by atoms with Crippen LogP contribution in [0.2, 0.25) is 0 Å². The van der Waals surface area contributed by atoms with Gasteiger partial charge in [0.2, 0.25) is 0 Å². The van der Waals surface area contributed by atoms with Gasteiger partial charge in [-0.1, -0.05) is 18.2 Å². The molecule has 0 spiro atoms. The zero-order valence-corrected chi connectivity index (χ0v) is 12.8. The van der Waals surface area contributed by atoms with Crippen molar-refractivity contribution in [2.75, 3.05) is 17.6 Å². The van der Waals surface area contributed by atoms with Crippen LogP contribution >= 0.6 is 0 Å². The van der Waals surface area contributed by atoms with Gasteiger partial charge in [-0.05, 0) is 30.9 Å². The first kappa shape index (κ1) is 14.3. The predicted octanol–water partition coefficient (Wildman–Crippen LogP) is 1.55. The normalized spacial score (nSPS) is 22.8. The van der Waals surface area contributed by atoms with Gasteiger partial charge in [0.15, 0.2) is 0 Å². The van der Waals surface area contributed by atoms with Crippen molar-refractivity contribution in [1.82, 2.24) is 9.78 Å². The molecule has 0 fully saturated rings. The molecule has 0 amide bonds. The highest BCUT2D eigenvalue weighted by Gasteiger charge is 2.32. The number of hydrogen-bond donors (Lipinski definition) is 3. The topological polar surface area (TPSA) is 93.2 Å². The number of para-hydroxylation sites is 1. The molecule has 1 aromatic carbocycles. The molecule has 2 heterocycles. The molecule has 4 rings (SSSR count). The number of nitrogens with two attached hydrogens (primary N) is 1. The van der Waals surface area contributed by atoms with Crippen LogP contribution in [0.3, 0.4) is 0 Å². The van der Waals surface area contributed by atoms with Crippen LogP contribution in [0.25, 0.3) is 0 Å². The Kier molecular flexibility index (Phi) is 3.34. The summed E-state index contributed by atoms with van der Waals surface area (Å²) < 4.78 is 1.36. The first-order valence-electron chi connectivity index (χ1n) is 8.06. The van der Waals surface area contributed by atoms with E-state index in [-0.39, 0.29) is 11.8 Å². The zero-order valence-electron chi connectivity index (χ0n) is 12.8. The highest BCUT2D eigenvalue weighted by molar-refractivity contribution is 5.90. The number of benzene rings is 1. The molecule has 4 N–H and O–H groups in total. The van der Waals surface area contributed by atoms with Crippen molar-refractivity contribution in [2.45, 2.75) is 37.7 Å². The zero-order chi connectivity index (χ0) is 16.0. The summed E-state index contributed by atoms with van der Waals surface area (Å²) in [5.74, 6) is 0.0705. The lowest BCUT2D eigenvalue weighted by Gasteiger charge is -2.25. The fourth-order valence-electron chi connectivity index (χ4n) is 3.62. The van der Waals surface area contributed by atoms with E-state index >= 15 is 0 Å². The van der Waals surface area contributed by atoms with Crippen LogP contribution in [0.5, 0.6) is 0 Å². The first-order chi connectivity index (χ1) is 11.1. The number of carbonyl (C=O) groups is 1. The molecule has 0 saturated heterocycles. The maximum atomic E-state index is 13.0. The number of anilines is 2. The maximum absolute atomic E-state index is 13.0. The van der Waals surface area contributed by atoms with E-state index < -0.39 is 6.10 Å². The first-order valence-corrected chi connectivity index (χ1v) is 8.06. The fraction of sp³-hybridized carbons (Fsp3) is 0.412. The van der Waals surface area contributed by atoms with Crippen molar-refractivity contribution in [2.24, 2.45) is 0 Å². The van der Waals surface area contributed by atoms with Crippen LogP contribution in [-0.2, 0) is 12.8 Å². The van der Waals surface area contributed by atoms with Crippen molar-refractivity contribution in [1.29, 1.82) is 0 Å². The second-order valence-corrected chi connectivity index (χ2v) is 6.31. The Labute approximate surface area is 134 Å². The van der Waals surface area contributed by atoms with Crippen LogP contribution in [0.4, 0.5) is 11.5 Å². The number of aliphatic hydroxyl groups is 1. The standard InChI is InChI=1S/C17H20N4O2/c18-16-13-9-10(22)5-6-15(13)20-21(16)17(23)12-7-8-19-14-4-2-1-3-11(12)14/h1-4,10,12,19,22H,5-9,18H2/t10-,12?/m0/s1. The van der Waals surface area contributed by atoms with E-state index in [0.717, 1.165) is 35.5 Å². The molecule has 6 heteroatoms. The van der Waals surface area contributed by atoms with Crippen molar-refractivity contribution >= 4 is 17.4 Å². The Morgan fingerprint density at radius 1 is 1.35 bits per heavy atom. The third-order valence-electron chi connectivity index (χ3n) is 4.85. The van der Waals surface area contributed by atoms with E-state index in [2.05, 4.69) is 10.4 Å². The Morgan fingerprint density at radius 2 is 2.17 bits per heavy atom. The summed E-state index contributed by atoms with van der Waals surface area (Å²) >= 11 is 0. The lowest BCUT2D eigenvalue weighted by Crippen LogP contribution is -2.28. The van der Waals surface area contributed by atoms with E-state index in [1.165, 1.54) is 4.68 Å². The summed E-state index contributed by atoms with van der Waals surface area (Å²) in [5.41, 5.74) is 9.85. The van der Waals surface area contributed by atoms with Crippen LogP contribution in [0, 0.1) is 0 Å². The van der Waals surface area contributed by atoms with Gasteiger partial charge in [-0.3, -0.25) is 4.79 Å². The molecule has 1 aliphatic heterocycles. The summed E-state index contributed by atoms with van der Waals surface area (Å²) in [4.78, 5) is 13.0. The number of nitrogens with one attached hydrogen (secondary N) is 1. The molecule has 0 saturated carbocycles. The summed E-state index contributed by atoms with van der Waals surface area (Å²) in [5, 5.41) is 17.6. The third kappa shape index (κ3) is 2.30. The van der Waals surface area contributed by atoms with Gasteiger partial charge in [0.1, 0.15) is 5.82 Å². The number of aryl methyl sites for hydroxylation is 1. The number of fused-ring (bicyclic) bond motifs is 2. The molecule has 0 bridgehead atoms. The van der Waals surface area contributed by atoms with Crippen LogP contribution < -0.4 is 11.1 Å². The molecule has 1 aromatic heterocycles. The Bertz CT molecular complexity index is 768. The number of aliphatic hydroxyl groups excluding tert-OH is 1. The van der Waals surface area contributed by atoms with Crippen molar-refractivity contribution < 1.29 is 9.90 Å². The molecular formula is C17H20N4O2. The van der Waals surface area contributed by atoms with Crippen LogP contribution in [0.15, 0.2) is 24.3 Å². The summed E-state index contributed by atoms with van der Waals surface area (Å²) in [6.07, 6.45) is 2.16. The second-order valence-electron chi connectivity index (χ2n) is 6.31. The molecule has 1 unspecified atom stereocenters. The van der Waals surface area contributed by atoms with Crippen molar-refractivity contribution in [3.8, 4) is 0 Å². The molecule has 6 nitrogen and oxygen atoms in total. The quantitative estimate of drug-likeness (QED) is 0.743. The molecular weight excluding hydrogens is 292 g/mol. The second kappa shape index (κ2) is 5.38.